The first-order chi connectivity index (χ1) is 6.57. The van der Waals surface area contributed by atoms with Gasteiger partial charge in [-0.2, -0.15) is 0 Å². The first-order valence-corrected chi connectivity index (χ1v) is 5.99. The van der Waals surface area contributed by atoms with Crippen LogP contribution >= 0.6 is 11.6 Å². The second-order valence-electron chi connectivity index (χ2n) is 6.17. The Morgan fingerprint density at radius 1 is 1.27 bits per heavy atom. The highest BCUT2D eigenvalue weighted by molar-refractivity contribution is 6.19. The Hall–Kier alpha value is -0.240. The van der Waals surface area contributed by atoms with Gasteiger partial charge in [0.15, 0.2) is 0 Å². The molecule has 0 radical (unpaired) electrons. The first kappa shape index (κ1) is 14.8. The molecule has 0 aromatic carbocycles. The maximum absolute atomic E-state index is 11.7. The minimum absolute atomic E-state index is 0.0410. The Morgan fingerprint density at radius 2 is 1.73 bits per heavy atom. The lowest BCUT2D eigenvalue weighted by Crippen LogP contribution is -2.48. The molecule has 0 saturated carbocycles. The van der Waals surface area contributed by atoms with Gasteiger partial charge < -0.3 is 5.32 Å². The van der Waals surface area contributed by atoms with E-state index in [0.29, 0.717) is 5.88 Å². The number of carbonyl (C=O) groups excluding carboxylic acids is 1. The number of nitrogens with one attached hydrogen (secondary N) is 1. The molecule has 0 aliphatic heterocycles. The molecule has 0 bridgehead atoms. The maximum Gasteiger partial charge on any atom is 0.224 e. The Balaban J connectivity index is 4.32. The molecule has 0 aliphatic rings. The van der Waals surface area contributed by atoms with Crippen LogP contribution in [-0.4, -0.2) is 17.3 Å². The Labute approximate surface area is 98.8 Å². The third-order valence-corrected chi connectivity index (χ3v) is 2.58. The van der Waals surface area contributed by atoms with Gasteiger partial charge in [-0.1, -0.05) is 27.7 Å². The number of amides is 1. The summed E-state index contributed by atoms with van der Waals surface area (Å²) in [7, 11) is 0. The van der Waals surface area contributed by atoms with Crippen molar-refractivity contribution in [2.75, 3.05) is 5.88 Å². The summed E-state index contributed by atoms with van der Waals surface area (Å²) in [6.45, 7) is 12.5. The van der Waals surface area contributed by atoms with E-state index in [1.165, 1.54) is 0 Å². The largest absolute Gasteiger partial charge is 0.351 e. The number of halogens is 1. The first-order valence-electron chi connectivity index (χ1n) is 5.45. The molecule has 0 aliphatic carbocycles. The topological polar surface area (TPSA) is 29.1 Å². The zero-order valence-corrected chi connectivity index (χ0v) is 11.5. The molecule has 15 heavy (non-hydrogen) atoms. The average molecular weight is 234 g/mol. The van der Waals surface area contributed by atoms with Gasteiger partial charge in [0.05, 0.1) is 0 Å². The Kier molecular flexibility index (Phi) is 5.12. The minimum Gasteiger partial charge on any atom is -0.351 e. The predicted molar refractivity (Wildman–Crippen MR) is 66.2 cm³/mol. The van der Waals surface area contributed by atoms with Crippen molar-refractivity contribution in [3.05, 3.63) is 0 Å². The van der Waals surface area contributed by atoms with Crippen LogP contribution in [-0.2, 0) is 4.79 Å². The number of hydrogen-bond donors (Lipinski definition) is 1. The van der Waals surface area contributed by atoms with Crippen molar-refractivity contribution >= 4 is 17.5 Å². The lowest BCUT2D eigenvalue weighted by molar-refractivity contribution is -0.125. The molecular formula is C12H24ClNO. The molecule has 0 aromatic heterocycles. The van der Waals surface area contributed by atoms with Crippen LogP contribution in [0.4, 0.5) is 0 Å². The summed E-state index contributed by atoms with van der Waals surface area (Å²) < 4.78 is 0. The molecule has 2 nitrogen and oxygen atoms in total. The van der Waals surface area contributed by atoms with Crippen molar-refractivity contribution in [3.8, 4) is 0 Å². The van der Waals surface area contributed by atoms with Crippen molar-refractivity contribution < 1.29 is 4.79 Å². The lowest BCUT2D eigenvalue weighted by Gasteiger charge is -2.34. The van der Waals surface area contributed by atoms with E-state index in [1.54, 1.807) is 0 Å². The molecule has 0 aromatic rings. The standard InChI is InChI=1S/C12H24ClNO/c1-9(7-13)10(15)14-12(5,6)8-11(2,3)4/h9H,7-8H2,1-6H3,(H,14,15). The SMILES string of the molecule is CC(CCl)C(=O)NC(C)(C)CC(C)(C)C. The number of hydrogen-bond acceptors (Lipinski definition) is 1. The van der Waals surface area contributed by atoms with Crippen LogP contribution in [0.15, 0.2) is 0 Å². The van der Waals surface area contributed by atoms with Gasteiger partial charge in [-0.05, 0) is 25.7 Å². The van der Waals surface area contributed by atoms with Crippen molar-refractivity contribution in [3.63, 3.8) is 0 Å². The lowest BCUT2D eigenvalue weighted by atomic mass is 9.81. The second kappa shape index (κ2) is 5.20. The fraction of sp³-hybridized carbons (Fsp3) is 0.917. The van der Waals surface area contributed by atoms with E-state index in [-0.39, 0.29) is 22.8 Å². The molecule has 0 rings (SSSR count). The van der Waals surface area contributed by atoms with Gasteiger partial charge in [-0.3, -0.25) is 4.79 Å². The number of carbonyl (C=O) groups is 1. The van der Waals surface area contributed by atoms with Crippen molar-refractivity contribution in [1.82, 2.24) is 5.32 Å². The molecule has 0 heterocycles. The smallest absolute Gasteiger partial charge is 0.224 e. The summed E-state index contributed by atoms with van der Waals surface area (Å²) in [6, 6.07) is 0. The van der Waals surface area contributed by atoms with Crippen LogP contribution in [0.25, 0.3) is 0 Å². The molecule has 0 fully saturated rings. The highest BCUT2D eigenvalue weighted by atomic mass is 35.5. The van der Waals surface area contributed by atoms with Crippen molar-refractivity contribution in [2.24, 2.45) is 11.3 Å². The molecule has 0 saturated heterocycles. The van der Waals surface area contributed by atoms with Gasteiger partial charge in [-0.25, -0.2) is 0 Å². The quantitative estimate of drug-likeness (QED) is 0.743. The zero-order valence-electron chi connectivity index (χ0n) is 10.8. The molecule has 3 heteroatoms. The van der Waals surface area contributed by atoms with E-state index in [4.69, 9.17) is 11.6 Å². The highest BCUT2D eigenvalue weighted by Crippen LogP contribution is 2.26. The van der Waals surface area contributed by atoms with Crippen LogP contribution in [0.2, 0.25) is 0 Å². The van der Waals surface area contributed by atoms with E-state index >= 15 is 0 Å². The summed E-state index contributed by atoms with van der Waals surface area (Å²) >= 11 is 5.65. The molecule has 1 amide bonds. The minimum atomic E-state index is -0.171. The van der Waals surface area contributed by atoms with Crippen LogP contribution in [0.1, 0.15) is 48.0 Å². The van der Waals surface area contributed by atoms with Crippen molar-refractivity contribution in [2.45, 2.75) is 53.5 Å². The van der Waals surface area contributed by atoms with E-state index in [9.17, 15) is 4.79 Å². The number of rotatable bonds is 4. The van der Waals surface area contributed by atoms with Gasteiger partial charge in [0.2, 0.25) is 5.91 Å². The molecule has 90 valence electrons. The third-order valence-electron chi connectivity index (χ3n) is 2.11. The van der Waals surface area contributed by atoms with E-state index < -0.39 is 0 Å². The fourth-order valence-electron chi connectivity index (χ4n) is 1.90. The molecule has 0 spiro atoms. The van der Waals surface area contributed by atoms with Crippen LogP contribution in [0, 0.1) is 11.3 Å². The summed E-state index contributed by atoms with van der Waals surface area (Å²) in [5.41, 5.74) is 0.0383. The van der Waals surface area contributed by atoms with Crippen molar-refractivity contribution in [1.29, 1.82) is 0 Å². The van der Waals surface area contributed by atoms with Crippen LogP contribution < -0.4 is 5.32 Å². The fourth-order valence-corrected chi connectivity index (χ4v) is 2.04. The Bertz CT molecular complexity index is 218. The normalized spacial score (nSPS) is 14.9. The van der Waals surface area contributed by atoms with Gasteiger partial charge in [0.25, 0.3) is 0 Å². The predicted octanol–water partition coefficient (Wildman–Crippen LogP) is 3.19. The van der Waals surface area contributed by atoms with Gasteiger partial charge in [0, 0.05) is 17.3 Å². The summed E-state index contributed by atoms with van der Waals surface area (Å²) in [5.74, 6) is 0.294. The molecule has 1 unspecified atom stereocenters. The summed E-state index contributed by atoms with van der Waals surface area (Å²) in [4.78, 5) is 11.7. The second-order valence-corrected chi connectivity index (χ2v) is 6.47. The molecular weight excluding hydrogens is 210 g/mol. The summed E-state index contributed by atoms with van der Waals surface area (Å²) in [6.07, 6.45) is 0.945. The molecule has 1 N–H and O–H groups in total. The molecule has 1 atom stereocenters. The Morgan fingerprint density at radius 3 is 2.07 bits per heavy atom. The maximum atomic E-state index is 11.7. The van der Waals surface area contributed by atoms with E-state index in [1.807, 2.05) is 6.92 Å². The van der Waals surface area contributed by atoms with Gasteiger partial charge in [-0.15, -0.1) is 11.6 Å². The number of alkyl halides is 1. The van der Waals surface area contributed by atoms with Gasteiger partial charge in [0.1, 0.15) is 0 Å². The van der Waals surface area contributed by atoms with E-state index in [2.05, 4.69) is 39.9 Å². The van der Waals surface area contributed by atoms with Crippen LogP contribution in [0.5, 0.6) is 0 Å². The van der Waals surface area contributed by atoms with E-state index in [0.717, 1.165) is 6.42 Å². The highest BCUT2D eigenvalue weighted by Gasteiger charge is 2.28. The third kappa shape index (κ3) is 6.77. The average Bonchev–Trinajstić information content (AvgIpc) is 1.96. The van der Waals surface area contributed by atoms with Gasteiger partial charge >= 0.3 is 0 Å². The van der Waals surface area contributed by atoms with Crippen LogP contribution in [0.3, 0.4) is 0 Å². The summed E-state index contributed by atoms with van der Waals surface area (Å²) in [5, 5.41) is 3.04. The zero-order chi connectivity index (χ0) is 12.3. The monoisotopic (exact) mass is 233 g/mol.